The fourth-order valence-corrected chi connectivity index (χ4v) is 1.76. The predicted octanol–water partition coefficient (Wildman–Crippen LogP) is 0.132. The van der Waals surface area contributed by atoms with Crippen molar-refractivity contribution in [1.82, 2.24) is 24.7 Å². The number of amides is 1. The molecular formula is C11H11N7O2. The molecule has 20 heavy (non-hydrogen) atoms. The standard InChI is InChI=1S/C11H11N7O2/c1-6-4-9(18-8(15-6)2-3-14-18)13-5-7-16-11(10(12)19)20-17-7/h2-4,13H,5H2,1H3,(H2,12,19). The molecule has 0 unspecified atom stereocenters. The molecule has 3 N–H and O–H groups in total. The average molecular weight is 273 g/mol. The van der Waals surface area contributed by atoms with Gasteiger partial charge in [-0.05, 0) is 6.92 Å². The van der Waals surface area contributed by atoms with Crippen LogP contribution in [-0.4, -0.2) is 30.6 Å². The van der Waals surface area contributed by atoms with Crippen LogP contribution in [-0.2, 0) is 6.54 Å². The first-order valence-electron chi connectivity index (χ1n) is 5.81. The number of hydrogen-bond acceptors (Lipinski definition) is 7. The van der Waals surface area contributed by atoms with Crippen molar-refractivity contribution in [3.63, 3.8) is 0 Å². The van der Waals surface area contributed by atoms with Crippen LogP contribution in [0.1, 0.15) is 22.2 Å². The molecule has 3 aromatic rings. The zero-order valence-corrected chi connectivity index (χ0v) is 10.6. The molecule has 0 aliphatic heterocycles. The fourth-order valence-electron chi connectivity index (χ4n) is 1.76. The van der Waals surface area contributed by atoms with Gasteiger partial charge in [0.15, 0.2) is 11.5 Å². The van der Waals surface area contributed by atoms with E-state index >= 15 is 0 Å². The molecule has 3 aromatic heterocycles. The Morgan fingerprint density at radius 1 is 1.50 bits per heavy atom. The lowest BCUT2D eigenvalue weighted by Gasteiger charge is -2.06. The summed E-state index contributed by atoms with van der Waals surface area (Å²) in [5.74, 6) is 0.103. The van der Waals surface area contributed by atoms with E-state index in [4.69, 9.17) is 10.3 Å². The molecule has 0 radical (unpaired) electrons. The Morgan fingerprint density at radius 2 is 2.35 bits per heavy atom. The van der Waals surface area contributed by atoms with Crippen LogP contribution in [0.3, 0.4) is 0 Å². The Balaban J connectivity index is 1.82. The van der Waals surface area contributed by atoms with Gasteiger partial charge in [0, 0.05) is 17.8 Å². The van der Waals surface area contributed by atoms with Gasteiger partial charge in [-0.15, -0.1) is 0 Å². The van der Waals surface area contributed by atoms with Crippen LogP contribution in [0, 0.1) is 6.92 Å². The van der Waals surface area contributed by atoms with Gasteiger partial charge in [0.1, 0.15) is 5.82 Å². The van der Waals surface area contributed by atoms with E-state index in [1.54, 1.807) is 16.8 Å². The quantitative estimate of drug-likeness (QED) is 0.692. The Hall–Kier alpha value is -2.97. The average Bonchev–Trinajstić information content (AvgIpc) is 3.04. The van der Waals surface area contributed by atoms with E-state index < -0.39 is 5.91 Å². The summed E-state index contributed by atoms with van der Waals surface area (Å²) < 4.78 is 6.36. The SMILES string of the molecule is Cc1cc(NCc2noc(C(N)=O)n2)n2nccc2n1. The summed E-state index contributed by atoms with van der Waals surface area (Å²) in [6.07, 6.45) is 1.66. The molecule has 3 rings (SSSR count). The number of aromatic nitrogens is 5. The van der Waals surface area contributed by atoms with Crippen molar-refractivity contribution in [3.05, 3.63) is 35.7 Å². The highest BCUT2D eigenvalue weighted by atomic mass is 16.5. The topological polar surface area (TPSA) is 124 Å². The fraction of sp³-hybridized carbons (Fsp3) is 0.182. The number of nitrogens with zero attached hydrogens (tertiary/aromatic N) is 5. The summed E-state index contributed by atoms with van der Waals surface area (Å²) in [6, 6.07) is 3.65. The number of anilines is 1. The van der Waals surface area contributed by atoms with Crippen molar-refractivity contribution in [3.8, 4) is 0 Å². The zero-order chi connectivity index (χ0) is 14.1. The maximum absolute atomic E-state index is 10.9. The molecule has 1 amide bonds. The van der Waals surface area contributed by atoms with E-state index in [1.807, 2.05) is 13.0 Å². The van der Waals surface area contributed by atoms with Gasteiger partial charge in [-0.1, -0.05) is 5.16 Å². The lowest BCUT2D eigenvalue weighted by molar-refractivity contribution is 0.0958. The first kappa shape index (κ1) is 12.1. The summed E-state index contributed by atoms with van der Waals surface area (Å²) in [4.78, 5) is 19.0. The van der Waals surface area contributed by atoms with Crippen LogP contribution in [0.15, 0.2) is 22.9 Å². The molecule has 0 fully saturated rings. The Bertz CT molecular complexity index is 776. The van der Waals surface area contributed by atoms with Crippen molar-refractivity contribution in [2.75, 3.05) is 5.32 Å². The molecule has 0 spiro atoms. The number of nitrogens with two attached hydrogens (primary N) is 1. The first-order valence-corrected chi connectivity index (χ1v) is 5.81. The third-order valence-corrected chi connectivity index (χ3v) is 2.59. The molecular weight excluding hydrogens is 262 g/mol. The van der Waals surface area contributed by atoms with Gasteiger partial charge in [-0.2, -0.15) is 14.6 Å². The molecule has 0 aliphatic carbocycles. The number of carbonyl (C=O) groups excluding carboxylic acids is 1. The first-order chi connectivity index (χ1) is 9.63. The zero-order valence-electron chi connectivity index (χ0n) is 10.6. The summed E-state index contributed by atoms with van der Waals surface area (Å²) in [5.41, 5.74) is 6.62. The summed E-state index contributed by atoms with van der Waals surface area (Å²) >= 11 is 0. The minimum Gasteiger partial charge on any atom is -0.362 e. The lowest BCUT2D eigenvalue weighted by Crippen LogP contribution is -2.12. The maximum Gasteiger partial charge on any atom is 0.315 e. The van der Waals surface area contributed by atoms with Gasteiger partial charge in [0.05, 0.1) is 12.7 Å². The number of primary amides is 1. The van der Waals surface area contributed by atoms with Crippen molar-refractivity contribution in [1.29, 1.82) is 0 Å². The smallest absolute Gasteiger partial charge is 0.315 e. The van der Waals surface area contributed by atoms with Gasteiger partial charge >= 0.3 is 11.8 Å². The van der Waals surface area contributed by atoms with Crippen molar-refractivity contribution < 1.29 is 9.32 Å². The van der Waals surface area contributed by atoms with E-state index in [1.165, 1.54) is 0 Å². The number of rotatable bonds is 4. The minimum absolute atomic E-state index is 0.211. The second-order valence-electron chi connectivity index (χ2n) is 4.12. The molecule has 102 valence electrons. The van der Waals surface area contributed by atoms with Crippen LogP contribution < -0.4 is 11.1 Å². The highest BCUT2D eigenvalue weighted by Gasteiger charge is 2.11. The molecule has 0 aliphatic rings. The second-order valence-corrected chi connectivity index (χ2v) is 4.12. The van der Waals surface area contributed by atoms with Gasteiger partial charge in [-0.25, -0.2) is 4.98 Å². The van der Waals surface area contributed by atoms with Crippen LogP contribution in [0.2, 0.25) is 0 Å². The van der Waals surface area contributed by atoms with Gasteiger partial charge in [0.25, 0.3) is 0 Å². The van der Waals surface area contributed by atoms with E-state index in [-0.39, 0.29) is 12.4 Å². The van der Waals surface area contributed by atoms with Crippen LogP contribution in [0.25, 0.3) is 5.65 Å². The maximum atomic E-state index is 10.9. The van der Waals surface area contributed by atoms with Crippen molar-refractivity contribution in [2.24, 2.45) is 5.73 Å². The van der Waals surface area contributed by atoms with Crippen LogP contribution in [0.5, 0.6) is 0 Å². The van der Waals surface area contributed by atoms with E-state index in [0.717, 1.165) is 17.2 Å². The van der Waals surface area contributed by atoms with E-state index in [2.05, 4.69) is 25.5 Å². The molecule has 0 saturated carbocycles. The number of aryl methyl sites for hydroxylation is 1. The van der Waals surface area contributed by atoms with Crippen LogP contribution >= 0.6 is 0 Å². The van der Waals surface area contributed by atoms with Crippen LogP contribution in [0.4, 0.5) is 5.82 Å². The van der Waals surface area contributed by atoms with Gasteiger partial charge < -0.3 is 15.6 Å². The monoisotopic (exact) mass is 273 g/mol. The minimum atomic E-state index is -0.752. The highest BCUT2D eigenvalue weighted by molar-refractivity contribution is 5.87. The lowest BCUT2D eigenvalue weighted by atomic mass is 10.4. The Kier molecular flexibility index (Phi) is 2.78. The molecule has 0 aromatic carbocycles. The Morgan fingerprint density at radius 3 is 3.10 bits per heavy atom. The molecule has 3 heterocycles. The molecule has 0 bridgehead atoms. The number of fused-ring (bicyclic) bond motifs is 1. The predicted molar refractivity (Wildman–Crippen MR) is 67.9 cm³/mol. The molecule has 9 heteroatoms. The molecule has 0 saturated heterocycles. The molecule has 9 nitrogen and oxygen atoms in total. The van der Waals surface area contributed by atoms with Crippen molar-refractivity contribution >= 4 is 17.4 Å². The summed E-state index contributed by atoms with van der Waals surface area (Å²) in [6.45, 7) is 2.16. The normalized spacial score (nSPS) is 10.8. The summed E-state index contributed by atoms with van der Waals surface area (Å²) in [5, 5.41) is 10.9. The third-order valence-electron chi connectivity index (χ3n) is 2.59. The number of hydrogen-bond donors (Lipinski definition) is 2. The summed E-state index contributed by atoms with van der Waals surface area (Å²) in [7, 11) is 0. The van der Waals surface area contributed by atoms with E-state index in [9.17, 15) is 4.79 Å². The molecule has 0 atom stereocenters. The largest absolute Gasteiger partial charge is 0.362 e. The number of carbonyl (C=O) groups is 1. The Labute approximate surface area is 112 Å². The third kappa shape index (κ3) is 2.16. The van der Waals surface area contributed by atoms with Gasteiger partial charge in [0.2, 0.25) is 0 Å². The number of nitrogens with one attached hydrogen (secondary N) is 1. The second kappa shape index (κ2) is 4.61. The van der Waals surface area contributed by atoms with Gasteiger partial charge in [-0.3, -0.25) is 4.79 Å². The highest BCUT2D eigenvalue weighted by Crippen LogP contribution is 2.12. The van der Waals surface area contributed by atoms with E-state index in [0.29, 0.717) is 5.82 Å². The van der Waals surface area contributed by atoms with Crippen molar-refractivity contribution in [2.45, 2.75) is 13.5 Å².